The van der Waals surface area contributed by atoms with E-state index in [1.54, 1.807) is 12.1 Å². The van der Waals surface area contributed by atoms with Crippen LogP contribution in [0.3, 0.4) is 0 Å². The van der Waals surface area contributed by atoms with Crippen LogP contribution in [0.25, 0.3) is 0 Å². The lowest BCUT2D eigenvalue weighted by molar-refractivity contribution is 0.386. The number of halogens is 1. The van der Waals surface area contributed by atoms with Crippen molar-refractivity contribution in [3.8, 4) is 5.75 Å². The van der Waals surface area contributed by atoms with Crippen molar-refractivity contribution < 1.29 is 9.13 Å². The summed E-state index contributed by atoms with van der Waals surface area (Å²) in [6, 6.07) is 4.67. The van der Waals surface area contributed by atoms with Gasteiger partial charge in [0.25, 0.3) is 0 Å². The van der Waals surface area contributed by atoms with Gasteiger partial charge in [-0.3, -0.25) is 0 Å². The molecule has 0 heterocycles. The fourth-order valence-electron chi connectivity index (χ4n) is 1.02. The van der Waals surface area contributed by atoms with Gasteiger partial charge in [0.2, 0.25) is 0 Å². The Morgan fingerprint density at radius 1 is 1.62 bits per heavy atom. The zero-order valence-electron chi connectivity index (χ0n) is 7.21. The molecule has 0 amide bonds. The van der Waals surface area contributed by atoms with Gasteiger partial charge >= 0.3 is 0 Å². The highest BCUT2D eigenvalue weighted by atomic mass is 32.1. The van der Waals surface area contributed by atoms with Crippen molar-refractivity contribution >= 4 is 17.2 Å². The normalized spacial score (nSPS) is 9.69. The van der Waals surface area contributed by atoms with Crippen LogP contribution in [0.5, 0.6) is 5.75 Å². The molecule has 13 heavy (non-hydrogen) atoms. The summed E-state index contributed by atoms with van der Waals surface area (Å²) >= 11 is 4.71. The highest BCUT2D eigenvalue weighted by molar-refractivity contribution is 7.80. The first kappa shape index (κ1) is 9.92. The summed E-state index contributed by atoms with van der Waals surface area (Å²) in [5.74, 6) is -0.164. The third-order valence-corrected chi connectivity index (χ3v) is 1.74. The minimum absolute atomic E-state index is 0.228. The highest BCUT2D eigenvalue weighted by Gasteiger charge is 2.03. The number of nitrogens with two attached hydrogens (primary N) is 1. The van der Waals surface area contributed by atoms with Gasteiger partial charge in [0.05, 0.1) is 12.1 Å². The average molecular weight is 199 g/mol. The lowest BCUT2D eigenvalue weighted by Gasteiger charge is -2.03. The van der Waals surface area contributed by atoms with Crippen LogP contribution in [-0.4, -0.2) is 12.1 Å². The molecule has 1 aromatic carbocycles. The van der Waals surface area contributed by atoms with E-state index in [-0.39, 0.29) is 5.75 Å². The molecular formula is C9H10FNOS. The highest BCUT2D eigenvalue weighted by Crippen LogP contribution is 2.17. The molecule has 4 heteroatoms. The maximum Gasteiger partial charge on any atom is 0.165 e. The van der Waals surface area contributed by atoms with E-state index in [1.165, 1.54) is 13.2 Å². The summed E-state index contributed by atoms with van der Waals surface area (Å²) in [5, 5.41) is 0. The number of methoxy groups -OCH3 is 1. The SMILES string of the molecule is COc1ccc(CC(N)=S)cc1F. The second kappa shape index (κ2) is 4.18. The van der Waals surface area contributed by atoms with Crippen molar-refractivity contribution in [3.63, 3.8) is 0 Å². The molecule has 1 aromatic rings. The second-order valence-corrected chi connectivity index (χ2v) is 3.14. The topological polar surface area (TPSA) is 35.2 Å². The van der Waals surface area contributed by atoms with Gasteiger partial charge in [-0.1, -0.05) is 18.3 Å². The molecule has 2 nitrogen and oxygen atoms in total. The molecule has 0 aromatic heterocycles. The van der Waals surface area contributed by atoms with Crippen molar-refractivity contribution in [2.24, 2.45) is 5.73 Å². The maximum absolute atomic E-state index is 13.1. The number of thiocarbonyl (C=S) groups is 1. The Morgan fingerprint density at radius 2 is 2.31 bits per heavy atom. The van der Waals surface area contributed by atoms with Crippen LogP contribution >= 0.6 is 12.2 Å². The van der Waals surface area contributed by atoms with E-state index in [1.807, 2.05) is 0 Å². The lowest BCUT2D eigenvalue weighted by Crippen LogP contribution is -2.11. The number of rotatable bonds is 3. The van der Waals surface area contributed by atoms with Gasteiger partial charge in [-0.25, -0.2) is 4.39 Å². The van der Waals surface area contributed by atoms with Gasteiger partial charge in [0.1, 0.15) is 0 Å². The molecule has 1 rings (SSSR count). The number of ether oxygens (including phenoxy) is 1. The molecule has 70 valence electrons. The number of benzene rings is 1. The van der Waals surface area contributed by atoms with Gasteiger partial charge in [-0.15, -0.1) is 0 Å². The Balaban J connectivity index is 2.89. The first-order valence-electron chi connectivity index (χ1n) is 3.74. The predicted molar refractivity (Wildman–Crippen MR) is 53.4 cm³/mol. The molecule has 0 aliphatic rings. The molecule has 0 fully saturated rings. The molecule has 2 N–H and O–H groups in total. The fraction of sp³-hybridized carbons (Fsp3) is 0.222. The van der Waals surface area contributed by atoms with E-state index in [4.69, 9.17) is 22.7 Å². The average Bonchev–Trinajstić information content (AvgIpc) is 2.03. The fourth-order valence-corrected chi connectivity index (χ4v) is 1.19. The van der Waals surface area contributed by atoms with Gasteiger partial charge < -0.3 is 10.5 Å². The van der Waals surface area contributed by atoms with E-state index in [0.717, 1.165) is 5.56 Å². The van der Waals surface area contributed by atoms with Gasteiger partial charge in [-0.05, 0) is 17.7 Å². The Labute approximate surface area is 81.5 Å². The van der Waals surface area contributed by atoms with Crippen LogP contribution in [0, 0.1) is 5.82 Å². The predicted octanol–water partition coefficient (Wildman–Crippen LogP) is 1.66. The van der Waals surface area contributed by atoms with Crippen molar-refractivity contribution in [2.45, 2.75) is 6.42 Å². The van der Waals surface area contributed by atoms with E-state index >= 15 is 0 Å². The van der Waals surface area contributed by atoms with Crippen LogP contribution in [0.15, 0.2) is 18.2 Å². The van der Waals surface area contributed by atoms with Crippen molar-refractivity contribution in [2.75, 3.05) is 7.11 Å². The standard InChI is InChI=1S/C9H10FNOS/c1-12-8-3-2-6(4-7(8)10)5-9(11)13/h2-4H,5H2,1H3,(H2,11,13). The Bertz CT molecular complexity index is 327. The minimum atomic E-state index is -0.392. The first-order valence-corrected chi connectivity index (χ1v) is 4.15. The monoisotopic (exact) mass is 199 g/mol. The summed E-state index contributed by atoms with van der Waals surface area (Å²) < 4.78 is 17.9. The number of hydrogen-bond acceptors (Lipinski definition) is 2. The van der Waals surface area contributed by atoms with Gasteiger partial charge in [0, 0.05) is 6.42 Å². The van der Waals surface area contributed by atoms with Crippen molar-refractivity contribution in [3.05, 3.63) is 29.6 Å². The van der Waals surface area contributed by atoms with Crippen LogP contribution in [-0.2, 0) is 6.42 Å². The number of hydrogen-bond donors (Lipinski definition) is 1. The van der Waals surface area contributed by atoms with Crippen molar-refractivity contribution in [1.29, 1.82) is 0 Å². The Kier molecular flexibility index (Phi) is 3.19. The summed E-state index contributed by atoms with van der Waals surface area (Å²) in [7, 11) is 1.42. The second-order valence-electron chi connectivity index (χ2n) is 2.61. The largest absolute Gasteiger partial charge is 0.494 e. The maximum atomic E-state index is 13.1. The molecular weight excluding hydrogens is 189 g/mol. The molecule has 0 bridgehead atoms. The molecule has 0 radical (unpaired) electrons. The minimum Gasteiger partial charge on any atom is -0.494 e. The molecule has 0 saturated carbocycles. The summed E-state index contributed by atoms with van der Waals surface area (Å²) in [6.07, 6.45) is 0.413. The third kappa shape index (κ3) is 2.66. The van der Waals surface area contributed by atoms with Crippen LogP contribution in [0.4, 0.5) is 4.39 Å². The van der Waals surface area contributed by atoms with Crippen LogP contribution < -0.4 is 10.5 Å². The lowest BCUT2D eigenvalue weighted by atomic mass is 10.1. The molecule has 0 aliphatic heterocycles. The summed E-state index contributed by atoms with van der Waals surface area (Å²) in [5.41, 5.74) is 6.08. The van der Waals surface area contributed by atoms with Crippen LogP contribution in [0.2, 0.25) is 0 Å². The van der Waals surface area contributed by atoms with E-state index in [2.05, 4.69) is 0 Å². The zero-order valence-corrected chi connectivity index (χ0v) is 8.03. The third-order valence-electron chi connectivity index (χ3n) is 1.59. The van der Waals surface area contributed by atoms with Gasteiger partial charge in [-0.2, -0.15) is 0 Å². The summed E-state index contributed by atoms with van der Waals surface area (Å²) in [6.45, 7) is 0. The molecule has 0 saturated heterocycles. The molecule has 0 aliphatic carbocycles. The smallest absolute Gasteiger partial charge is 0.165 e. The van der Waals surface area contributed by atoms with Crippen molar-refractivity contribution in [1.82, 2.24) is 0 Å². The molecule has 0 spiro atoms. The zero-order chi connectivity index (χ0) is 9.84. The van der Waals surface area contributed by atoms with E-state index < -0.39 is 5.82 Å². The van der Waals surface area contributed by atoms with Gasteiger partial charge in [0.15, 0.2) is 11.6 Å². The molecule has 0 unspecified atom stereocenters. The Morgan fingerprint density at radius 3 is 2.77 bits per heavy atom. The van der Waals surface area contributed by atoms with E-state index in [0.29, 0.717) is 11.4 Å². The quantitative estimate of drug-likeness (QED) is 0.752. The van der Waals surface area contributed by atoms with E-state index in [9.17, 15) is 4.39 Å². The van der Waals surface area contributed by atoms with Crippen LogP contribution in [0.1, 0.15) is 5.56 Å². The first-order chi connectivity index (χ1) is 6.13. The Hall–Kier alpha value is -1.16. The summed E-state index contributed by atoms with van der Waals surface area (Å²) in [4.78, 5) is 0.351. The molecule has 0 atom stereocenters.